The number of anilines is 1. The quantitative estimate of drug-likeness (QED) is 0.739. The summed E-state index contributed by atoms with van der Waals surface area (Å²) in [4.78, 5) is 19.8. The van der Waals surface area contributed by atoms with Crippen LogP contribution in [0.25, 0.3) is 0 Å². The molecule has 1 unspecified atom stereocenters. The van der Waals surface area contributed by atoms with Gasteiger partial charge in [-0.1, -0.05) is 0 Å². The molecule has 1 aliphatic rings. The molecule has 2 rings (SSSR count). The molecule has 1 aromatic rings. The normalized spacial score (nSPS) is 19.9. The lowest BCUT2D eigenvalue weighted by molar-refractivity contribution is -0.122. The van der Waals surface area contributed by atoms with Crippen molar-refractivity contribution >= 4 is 28.7 Å². The lowest BCUT2D eigenvalue weighted by Crippen LogP contribution is -2.33. The van der Waals surface area contributed by atoms with Crippen molar-refractivity contribution in [2.45, 2.75) is 6.42 Å². The zero-order chi connectivity index (χ0) is 12.1. The highest BCUT2D eigenvalue weighted by Gasteiger charge is 2.30. The average Bonchev–Trinajstić information content (AvgIpc) is 2.85. The minimum atomic E-state index is -0.382. The van der Waals surface area contributed by atoms with Crippen LogP contribution in [0.2, 0.25) is 0 Å². The molecule has 2 atom stereocenters. The Morgan fingerprint density at radius 3 is 3.00 bits per heavy atom. The number of hydrogen-bond acceptors (Lipinski definition) is 5. The van der Waals surface area contributed by atoms with Gasteiger partial charge in [-0.3, -0.25) is 9.78 Å². The molecule has 100 valence electrons. The van der Waals surface area contributed by atoms with E-state index in [9.17, 15) is 9.90 Å². The molecule has 1 saturated heterocycles. The first-order valence-electron chi connectivity index (χ1n) is 5.69. The second-order valence-electron chi connectivity index (χ2n) is 4.12. The number of hydrogen-bond donors (Lipinski definition) is 3. The minimum Gasteiger partial charge on any atom is -0.396 e. The Morgan fingerprint density at radius 1 is 1.61 bits per heavy atom. The maximum Gasteiger partial charge on any atom is 0.231 e. The zero-order valence-corrected chi connectivity index (χ0v) is 11.6. The van der Waals surface area contributed by atoms with Crippen molar-refractivity contribution in [2.24, 2.45) is 11.8 Å². The van der Waals surface area contributed by atoms with E-state index >= 15 is 0 Å². The standard InChI is InChI=1S/C11H16N4O2.BrH/c16-7-9(8-1-2-12-5-8)11(17)15-10-6-13-3-4-14-10;/h3-4,6,8-9,12,16H,1-2,5,7H2,(H,14,15,17);1H/t8-,9?;/m0./s1. The summed E-state index contributed by atoms with van der Waals surface area (Å²) in [6, 6.07) is 0. The Labute approximate surface area is 116 Å². The molecular formula is C11H17BrN4O2. The maximum absolute atomic E-state index is 12.0. The molecule has 2 heterocycles. The first-order chi connectivity index (χ1) is 8.31. The largest absolute Gasteiger partial charge is 0.396 e. The Balaban J connectivity index is 0.00000162. The fraction of sp³-hybridized carbons (Fsp3) is 0.545. The van der Waals surface area contributed by atoms with Crippen LogP contribution < -0.4 is 10.6 Å². The third-order valence-electron chi connectivity index (χ3n) is 3.02. The molecule has 0 aromatic carbocycles. The maximum atomic E-state index is 12.0. The van der Waals surface area contributed by atoms with Crippen LogP contribution in [-0.4, -0.2) is 40.7 Å². The molecular weight excluding hydrogens is 300 g/mol. The van der Waals surface area contributed by atoms with Crippen molar-refractivity contribution < 1.29 is 9.90 Å². The number of aromatic nitrogens is 2. The van der Waals surface area contributed by atoms with Gasteiger partial charge in [-0.15, -0.1) is 17.0 Å². The van der Waals surface area contributed by atoms with Gasteiger partial charge >= 0.3 is 0 Å². The highest BCUT2D eigenvalue weighted by atomic mass is 79.9. The van der Waals surface area contributed by atoms with Crippen molar-refractivity contribution in [3.63, 3.8) is 0 Å². The van der Waals surface area contributed by atoms with Gasteiger partial charge in [-0.2, -0.15) is 0 Å². The third kappa shape index (κ3) is 3.72. The van der Waals surface area contributed by atoms with Crippen LogP contribution in [0.1, 0.15) is 6.42 Å². The van der Waals surface area contributed by atoms with E-state index in [0.29, 0.717) is 5.82 Å². The Kier molecular flexibility index (Phi) is 6.17. The predicted molar refractivity (Wildman–Crippen MR) is 72.5 cm³/mol. The van der Waals surface area contributed by atoms with Crippen LogP contribution in [0.5, 0.6) is 0 Å². The van der Waals surface area contributed by atoms with Crippen LogP contribution in [0.4, 0.5) is 5.82 Å². The van der Waals surface area contributed by atoms with Crippen molar-refractivity contribution in [2.75, 3.05) is 25.0 Å². The van der Waals surface area contributed by atoms with E-state index in [1.807, 2.05) is 0 Å². The van der Waals surface area contributed by atoms with Crippen LogP contribution in [-0.2, 0) is 4.79 Å². The molecule has 0 aliphatic carbocycles. The smallest absolute Gasteiger partial charge is 0.231 e. The first-order valence-corrected chi connectivity index (χ1v) is 5.69. The summed E-state index contributed by atoms with van der Waals surface area (Å²) in [6.07, 6.45) is 5.46. The van der Waals surface area contributed by atoms with Gasteiger partial charge in [-0.05, 0) is 25.4 Å². The molecule has 0 bridgehead atoms. The lowest BCUT2D eigenvalue weighted by atomic mass is 9.91. The number of amides is 1. The molecule has 18 heavy (non-hydrogen) atoms. The predicted octanol–water partition coefficient (Wildman–Crippen LogP) is 0.211. The summed E-state index contributed by atoms with van der Waals surface area (Å²) < 4.78 is 0. The number of carbonyl (C=O) groups excluding carboxylic acids is 1. The topological polar surface area (TPSA) is 87.1 Å². The highest BCUT2D eigenvalue weighted by Crippen LogP contribution is 2.20. The van der Waals surface area contributed by atoms with Crippen LogP contribution in [0, 0.1) is 11.8 Å². The SMILES string of the molecule is Br.O=C(Nc1cnccn1)C(CO)[C@H]1CCNC1. The second-order valence-corrected chi connectivity index (χ2v) is 4.12. The van der Waals surface area contributed by atoms with Gasteiger partial charge in [0.15, 0.2) is 5.82 Å². The fourth-order valence-electron chi connectivity index (χ4n) is 2.05. The molecule has 1 amide bonds. The molecule has 0 radical (unpaired) electrons. The van der Waals surface area contributed by atoms with E-state index < -0.39 is 0 Å². The summed E-state index contributed by atoms with van der Waals surface area (Å²) in [5.41, 5.74) is 0. The lowest BCUT2D eigenvalue weighted by Gasteiger charge is -2.19. The molecule has 7 heteroatoms. The van der Waals surface area contributed by atoms with Crippen LogP contribution >= 0.6 is 17.0 Å². The highest BCUT2D eigenvalue weighted by molar-refractivity contribution is 8.93. The number of aliphatic hydroxyl groups is 1. The van der Waals surface area contributed by atoms with Crippen LogP contribution in [0.15, 0.2) is 18.6 Å². The number of halogens is 1. The average molecular weight is 317 g/mol. The summed E-state index contributed by atoms with van der Waals surface area (Å²) in [6.45, 7) is 1.54. The van der Waals surface area contributed by atoms with Gasteiger partial charge in [-0.25, -0.2) is 4.98 Å². The van der Waals surface area contributed by atoms with Gasteiger partial charge in [0.25, 0.3) is 0 Å². The van der Waals surface area contributed by atoms with E-state index in [1.54, 1.807) is 6.20 Å². The molecule has 3 N–H and O–H groups in total. The van der Waals surface area contributed by atoms with E-state index in [2.05, 4.69) is 20.6 Å². The van der Waals surface area contributed by atoms with E-state index in [0.717, 1.165) is 19.5 Å². The molecule has 0 saturated carbocycles. The zero-order valence-electron chi connectivity index (χ0n) is 9.87. The van der Waals surface area contributed by atoms with Crippen LogP contribution in [0.3, 0.4) is 0 Å². The number of rotatable bonds is 4. The van der Waals surface area contributed by atoms with Gasteiger partial charge < -0.3 is 15.7 Å². The summed E-state index contributed by atoms with van der Waals surface area (Å²) in [5.74, 6) is 0.0345. The number of nitrogens with one attached hydrogen (secondary N) is 2. The van der Waals surface area contributed by atoms with Gasteiger partial charge in [0.2, 0.25) is 5.91 Å². The number of aliphatic hydroxyl groups excluding tert-OH is 1. The Hall–Kier alpha value is -1.05. The molecule has 1 aromatic heterocycles. The van der Waals surface area contributed by atoms with Gasteiger partial charge in [0.05, 0.1) is 18.7 Å². The summed E-state index contributed by atoms with van der Waals surface area (Å²) in [7, 11) is 0. The first kappa shape index (κ1) is 15.0. The third-order valence-corrected chi connectivity index (χ3v) is 3.02. The summed E-state index contributed by atoms with van der Waals surface area (Å²) >= 11 is 0. The van der Waals surface area contributed by atoms with Crippen molar-refractivity contribution in [1.82, 2.24) is 15.3 Å². The molecule has 1 aliphatic heterocycles. The molecule has 6 nitrogen and oxygen atoms in total. The fourth-order valence-corrected chi connectivity index (χ4v) is 2.05. The van der Waals surface area contributed by atoms with Gasteiger partial charge in [0.1, 0.15) is 0 Å². The van der Waals surface area contributed by atoms with Gasteiger partial charge in [0, 0.05) is 12.4 Å². The Bertz CT molecular complexity index is 371. The van der Waals surface area contributed by atoms with E-state index in [1.165, 1.54) is 12.4 Å². The Morgan fingerprint density at radius 2 is 2.44 bits per heavy atom. The number of nitrogens with zero attached hydrogens (tertiary/aromatic N) is 2. The van der Waals surface area contributed by atoms with Crippen molar-refractivity contribution in [3.05, 3.63) is 18.6 Å². The molecule has 0 spiro atoms. The van der Waals surface area contributed by atoms with E-state index in [-0.39, 0.29) is 41.3 Å². The molecule has 1 fully saturated rings. The number of carbonyl (C=O) groups is 1. The van der Waals surface area contributed by atoms with Crippen molar-refractivity contribution in [3.8, 4) is 0 Å². The van der Waals surface area contributed by atoms with E-state index in [4.69, 9.17) is 0 Å². The summed E-state index contributed by atoms with van der Waals surface area (Å²) in [5, 5.41) is 15.2. The monoisotopic (exact) mass is 316 g/mol. The second kappa shape index (κ2) is 7.40. The van der Waals surface area contributed by atoms with Crippen molar-refractivity contribution in [1.29, 1.82) is 0 Å². The minimum absolute atomic E-state index is 0.